The van der Waals surface area contributed by atoms with E-state index in [1.54, 1.807) is 0 Å². The van der Waals surface area contributed by atoms with Crippen LogP contribution in [0.4, 0.5) is 0 Å². The van der Waals surface area contributed by atoms with E-state index in [0.717, 1.165) is 57.5 Å². The Balaban J connectivity index is 1.28. The van der Waals surface area contributed by atoms with Crippen molar-refractivity contribution in [3.63, 3.8) is 0 Å². The zero-order valence-corrected chi connectivity index (χ0v) is 19.2. The van der Waals surface area contributed by atoms with E-state index in [2.05, 4.69) is 20.4 Å². The van der Waals surface area contributed by atoms with Gasteiger partial charge >= 0.3 is 0 Å². The van der Waals surface area contributed by atoms with Crippen molar-refractivity contribution in [2.45, 2.75) is 33.3 Å². The highest BCUT2D eigenvalue weighted by Gasteiger charge is 2.16. The number of para-hydroxylation sites is 2. The highest BCUT2D eigenvalue weighted by molar-refractivity contribution is 6.01. The van der Waals surface area contributed by atoms with Gasteiger partial charge in [0.15, 0.2) is 0 Å². The topological polar surface area (TPSA) is 93.0 Å². The third-order valence-electron chi connectivity index (χ3n) is 5.96. The zero-order chi connectivity index (χ0) is 23.5. The monoisotopic (exact) mass is 454 g/mol. The molecule has 0 unspecified atom stereocenters. The number of ether oxygens (including phenoxy) is 1. The second-order valence-electron chi connectivity index (χ2n) is 8.35. The van der Waals surface area contributed by atoms with Gasteiger partial charge in [0.2, 0.25) is 0 Å². The standard InChI is InChI=1S/C27H26N4O3/c1-17-22(18(2)34-31-17)16-33-25-15-20-9-4-3-8-19(20)14-21(25)27(32)28-13-7-12-26-29-23-10-5-6-11-24(23)30-26/h3-6,8-11,14-15H,7,12-13,16H2,1-2H3,(H,28,32)(H,29,30). The largest absolute Gasteiger partial charge is 0.488 e. The molecular formula is C27H26N4O3. The molecule has 7 nitrogen and oxygen atoms in total. The normalized spacial score (nSPS) is 11.2. The van der Waals surface area contributed by atoms with Crippen molar-refractivity contribution in [2.75, 3.05) is 6.54 Å². The molecule has 5 aromatic rings. The van der Waals surface area contributed by atoms with Crippen LogP contribution in [0.5, 0.6) is 5.75 Å². The Morgan fingerprint density at radius 2 is 1.82 bits per heavy atom. The Labute approximate surface area is 197 Å². The lowest BCUT2D eigenvalue weighted by Crippen LogP contribution is -2.25. The van der Waals surface area contributed by atoms with Crippen molar-refractivity contribution in [2.24, 2.45) is 0 Å². The summed E-state index contributed by atoms with van der Waals surface area (Å²) in [7, 11) is 0. The number of amides is 1. The number of carbonyl (C=O) groups is 1. The number of benzene rings is 3. The van der Waals surface area contributed by atoms with E-state index in [9.17, 15) is 4.79 Å². The highest BCUT2D eigenvalue weighted by Crippen LogP contribution is 2.28. The smallest absolute Gasteiger partial charge is 0.255 e. The van der Waals surface area contributed by atoms with Gasteiger partial charge in [-0.3, -0.25) is 4.79 Å². The summed E-state index contributed by atoms with van der Waals surface area (Å²) in [5.41, 5.74) is 4.17. The average molecular weight is 455 g/mol. The van der Waals surface area contributed by atoms with E-state index in [1.807, 2.05) is 74.5 Å². The molecule has 2 heterocycles. The fraction of sp³-hybridized carbons (Fsp3) is 0.222. The molecule has 2 N–H and O–H groups in total. The van der Waals surface area contributed by atoms with Gasteiger partial charge in [0, 0.05) is 13.0 Å². The highest BCUT2D eigenvalue weighted by atomic mass is 16.5. The predicted octanol–water partition coefficient (Wildman–Crippen LogP) is 5.26. The Hall–Kier alpha value is -4.13. The molecule has 0 saturated heterocycles. The van der Waals surface area contributed by atoms with Crippen LogP contribution in [0.1, 0.15) is 39.6 Å². The summed E-state index contributed by atoms with van der Waals surface area (Å²) in [6.07, 6.45) is 1.52. The van der Waals surface area contributed by atoms with Gasteiger partial charge in [0.05, 0.1) is 27.9 Å². The molecule has 0 aliphatic heterocycles. The molecule has 3 aromatic carbocycles. The van der Waals surface area contributed by atoms with E-state index in [1.165, 1.54) is 0 Å². The number of aryl methyl sites for hydroxylation is 3. The Bertz CT molecular complexity index is 1420. The first-order valence-corrected chi connectivity index (χ1v) is 11.4. The third-order valence-corrected chi connectivity index (χ3v) is 5.96. The molecule has 1 amide bonds. The van der Waals surface area contributed by atoms with Crippen LogP contribution in [-0.4, -0.2) is 27.6 Å². The van der Waals surface area contributed by atoms with Crippen molar-refractivity contribution < 1.29 is 14.1 Å². The zero-order valence-electron chi connectivity index (χ0n) is 19.2. The van der Waals surface area contributed by atoms with Gasteiger partial charge in [0.25, 0.3) is 5.91 Å². The van der Waals surface area contributed by atoms with E-state index in [-0.39, 0.29) is 12.5 Å². The molecule has 0 bridgehead atoms. The minimum Gasteiger partial charge on any atom is -0.488 e. The SMILES string of the molecule is Cc1noc(C)c1COc1cc2ccccc2cc1C(=O)NCCCc1nc2ccccc2[nH]1. The molecule has 0 fully saturated rings. The molecule has 2 aromatic heterocycles. The summed E-state index contributed by atoms with van der Waals surface area (Å²) >= 11 is 0. The molecule has 0 saturated carbocycles. The summed E-state index contributed by atoms with van der Waals surface area (Å²) < 4.78 is 11.3. The molecule has 0 atom stereocenters. The number of fused-ring (bicyclic) bond motifs is 2. The van der Waals surface area contributed by atoms with Crippen LogP contribution in [0, 0.1) is 13.8 Å². The number of hydrogen-bond donors (Lipinski definition) is 2. The summed E-state index contributed by atoms with van der Waals surface area (Å²) in [5, 5.41) is 9.01. The van der Waals surface area contributed by atoms with Crippen LogP contribution in [0.3, 0.4) is 0 Å². The number of nitrogens with one attached hydrogen (secondary N) is 2. The van der Waals surface area contributed by atoms with Crippen molar-refractivity contribution in [3.05, 3.63) is 89.1 Å². The van der Waals surface area contributed by atoms with Gasteiger partial charge < -0.3 is 19.6 Å². The summed E-state index contributed by atoms with van der Waals surface area (Å²) in [6, 6.07) is 19.7. The Morgan fingerprint density at radius 3 is 2.59 bits per heavy atom. The van der Waals surface area contributed by atoms with Crippen LogP contribution >= 0.6 is 0 Å². The van der Waals surface area contributed by atoms with E-state index >= 15 is 0 Å². The van der Waals surface area contributed by atoms with E-state index in [4.69, 9.17) is 9.26 Å². The van der Waals surface area contributed by atoms with E-state index < -0.39 is 0 Å². The molecule has 0 aliphatic rings. The molecule has 172 valence electrons. The maximum atomic E-state index is 13.1. The predicted molar refractivity (Wildman–Crippen MR) is 131 cm³/mol. The molecule has 34 heavy (non-hydrogen) atoms. The van der Waals surface area contributed by atoms with Gasteiger partial charge in [0.1, 0.15) is 23.9 Å². The number of nitrogens with zero attached hydrogens (tertiary/aromatic N) is 2. The molecule has 0 aliphatic carbocycles. The molecular weight excluding hydrogens is 428 g/mol. The molecule has 0 spiro atoms. The summed E-state index contributed by atoms with van der Waals surface area (Å²) in [6.45, 7) is 4.55. The van der Waals surface area contributed by atoms with Crippen molar-refractivity contribution >= 4 is 27.7 Å². The van der Waals surface area contributed by atoms with Gasteiger partial charge in [-0.1, -0.05) is 41.6 Å². The first-order valence-electron chi connectivity index (χ1n) is 11.4. The number of imidazole rings is 1. The number of H-pyrrole nitrogens is 1. The molecule has 7 heteroatoms. The van der Waals surface area contributed by atoms with Crippen LogP contribution in [0.25, 0.3) is 21.8 Å². The minimum absolute atomic E-state index is 0.163. The van der Waals surface area contributed by atoms with E-state index in [0.29, 0.717) is 17.9 Å². The van der Waals surface area contributed by atoms with Crippen LogP contribution < -0.4 is 10.1 Å². The lowest BCUT2D eigenvalue weighted by Gasteiger charge is -2.13. The minimum atomic E-state index is -0.163. The number of carbonyl (C=O) groups excluding carboxylic acids is 1. The fourth-order valence-electron chi connectivity index (χ4n) is 4.05. The first kappa shape index (κ1) is 21.7. The maximum absolute atomic E-state index is 13.1. The van der Waals surface area contributed by atoms with Crippen molar-refractivity contribution in [1.82, 2.24) is 20.4 Å². The second kappa shape index (κ2) is 9.39. The Morgan fingerprint density at radius 1 is 1.06 bits per heavy atom. The van der Waals surface area contributed by atoms with Crippen LogP contribution in [0.15, 0.2) is 65.2 Å². The average Bonchev–Trinajstić information content (AvgIpc) is 3.41. The summed E-state index contributed by atoms with van der Waals surface area (Å²) in [5.74, 6) is 2.01. The number of aromatic amines is 1. The van der Waals surface area contributed by atoms with Crippen LogP contribution in [-0.2, 0) is 13.0 Å². The lowest BCUT2D eigenvalue weighted by molar-refractivity contribution is 0.0949. The first-order chi connectivity index (χ1) is 16.6. The fourth-order valence-corrected chi connectivity index (χ4v) is 4.05. The Kier molecular flexibility index (Phi) is 5.99. The maximum Gasteiger partial charge on any atom is 0.255 e. The number of hydrogen-bond acceptors (Lipinski definition) is 5. The van der Waals surface area contributed by atoms with Gasteiger partial charge in [-0.15, -0.1) is 0 Å². The quantitative estimate of drug-likeness (QED) is 0.312. The lowest BCUT2D eigenvalue weighted by atomic mass is 10.1. The molecule has 0 radical (unpaired) electrons. The third kappa shape index (κ3) is 4.50. The molecule has 5 rings (SSSR count). The summed E-state index contributed by atoms with van der Waals surface area (Å²) in [4.78, 5) is 21.0. The number of rotatable bonds is 8. The number of aromatic nitrogens is 3. The van der Waals surface area contributed by atoms with Gasteiger partial charge in [-0.05, 0) is 55.3 Å². The van der Waals surface area contributed by atoms with Crippen molar-refractivity contribution in [3.8, 4) is 5.75 Å². The van der Waals surface area contributed by atoms with Crippen LogP contribution in [0.2, 0.25) is 0 Å². The van der Waals surface area contributed by atoms with Gasteiger partial charge in [-0.25, -0.2) is 4.98 Å². The second-order valence-corrected chi connectivity index (χ2v) is 8.35. The van der Waals surface area contributed by atoms with Crippen molar-refractivity contribution in [1.29, 1.82) is 0 Å². The van der Waals surface area contributed by atoms with Gasteiger partial charge in [-0.2, -0.15) is 0 Å².